The highest BCUT2D eigenvalue weighted by atomic mass is 19.2. The van der Waals surface area contributed by atoms with Crippen LogP contribution in [-0.4, -0.2) is 35.7 Å². The lowest BCUT2D eigenvalue weighted by atomic mass is 10.1. The van der Waals surface area contributed by atoms with Crippen molar-refractivity contribution in [2.24, 2.45) is 0 Å². The van der Waals surface area contributed by atoms with Gasteiger partial charge in [-0.25, -0.2) is 18.0 Å². The zero-order valence-electron chi connectivity index (χ0n) is 12.0. The van der Waals surface area contributed by atoms with Crippen LogP contribution in [0.4, 0.5) is 23.7 Å². The third kappa shape index (κ3) is 3.66. The third-order valence-corrected chi connectivity index (χ3v) is 3.11. The molecule has 1 N–H and O–H groups in total. The fourth-order valence-corrected chi connectivity index (χ4v) is 2.42. The number of urea groups is 1. The van der Waals surface area contributed by atoms with Crippen molar-refractivity contribution in [2.75, 3.05) is 18.4 Å². The van der Waals surface area contributed by atoms with E-state index in [4.69, 9.17) is 4.74 Å². The zero-order valence-corrected chi connectivity index (χ0v) is 12.0. The maximum absolute atomic E-state index is 13.5. The van der Waals surface area contributed by atoms with Gasteiger partial charge in [-0.15, -0.1) is 0 Å². The average molecular weight is 302 g/mol. The lowest BCUT2D eigenvalue weighted by Gasteiger charge is -2.41. The normalized spacial score (nSPS) is 21.2. The van der Waals surface area contributed by atoms with Gasteiger partial charge in [0.15, 0.2) is 11.6 Å². The fourth-order valence-electron chi connectivity index (χ4n) is 2.42. The first-order valence-electron chi connectivity index (χ1n) is 6.56. The molecule has 0 aliphatic carbocycles. The zero-order chi connectivity index (χ0) is 15.8. The van der Waals surface area contributed by atoms with Crippen molar-refractivity contribution in [1.29, 1.82) is 0 Å². The van der Waals surface area contributed by atoms with Crippen LogP contribution in [0.5, 0.6) is 0 Å². The number of nitrogens with one attached hydrogen (secondary N) is 1. The van der Waals surface area contributed by atoms with E-state index in [1.807, 2.05) is 20.8 Å². The summed E-state index contributed by atoms with van der Waals surface area (Å²) in [4.78, 5) is 13.6. The van der Waals surface area contributed by atoms with E-state index in [9.17, 15) is 18.0 Å². The number of anilines is 1. The van der Waals surface area contributed by atoms with Crippen LogP contribution in [0.15, 0.2) is 12.1 Å². The van der Waals surface area contributed by atoms with Gasteiger partial charge in [0.25, 0.3) is 0 Å². The molecule has 0 saturated carbocycles. The minimum absolute atomic E-state index is 0.172. The van der Waals surface area contributed by atoms with Crippen LogP contribution < -0.4 is 5.32 Å². The molecule has 2 amide bonds. The van der Waals surface area contributed by atoms with Crippen LogP contribution >= 0.6 is 0 Å². The van der Waals surface area contributed by atoms with Crippen molar-refractivity contribution in [3.63, 3.8) is 0 Å². The van der Waals surface area contributed by atoms with Gasteiger partial charge in [0.1, 0.15) is 5.82 Å². The molecule has 0 radical (unpaired) electrons. The third-order valence-electron chi connectivity index (χ3n) is 3.11. The predicted octanol–water partition coefficient (Wildman–Crippen LogP) is 3.14. The summed E-state index contributed by atoms with van der Waals surface area (Å²) in [6.07, 6.45) is -0.172. The number of hydrogen-bond acceptors (Lipinski definition) is 2. The molecule has 1 atom stereocenters. The van der Waals surface area contributed by atoms with Gasteiger partial charge in [0.05, 0.1) is 23.9 Å². The first-order valence-corrected chi connectivity index (χ1v) is 6.56. The highest BCUT2D eigenvalue weighted by Gasteiger charge is 2.34. The van der Waals surface area contributed by atoms with Crippen molar-refractivity contribution < 1.29 is 22.7 Å². The van der Waals surface area contributed by atoms with E-state index in [1.54, 1.807) is 0 Å². The average Bonchev–Trinajstić information content (AvgIpc) is 2.33. The van der Waals surface area contributed by atoms with Crippen molar-refractivity contribution in [1.82, 2.24) is 4.90 Å². The standard InChI is InChI=1S/C14H17F3N2O2/c1-8-6-19(7-14(2,3)21-8)13(20)18-12-5-10(16)9(15)4-11(12)17/h4-5,8H,6-7H2,1-3H3,(H,18,20)/t8-/m0/s1. The van der Waals surface area contributed by atoms with Crippen LogP contribution in [0.2, 0.25) is 0 Å². The minimum atomic E-state index is -1.30. The smallest absolute Gasteiger partial charge is 0.322 e. The Morgan fingerprint density at radius 1 is 1.29 bits per heavy atom. The van der Waals surface area contributed by atoms with Crippen molar-refractivity contribution in [3.8, 4) is 0 Å². The number of ether oxygens (including phenoxy) is 1. The number of amides is 2. The largest absolute Gasteiger partial charge is 0.369 e. The molecule has 1 aromatic carbocycles. The number of hydrogen-bond donors (Lipinski definition) is 1. The van der Waals surface area contributed by atoms with Crippen LogP contribution in [0.25, 0.3) is 0 Å². The molecule has 0 bridgehead atoms. The molecule has 1 aliphatic rings. The molecule has 21 heavy (non-hydrogen) atoms. The van der Waals surface area contributed by atoms with Crippen molar-refractivity contribution >= 4 is 11.7 Å². The van der Waals surface area contributed by atoms with Crippen LogP contribution in [0, 0.1) is 17.5 Å². The van der Waals surface area contributed by atoms with E-state index in [1.165, 1.54) is 4.90 Å². The number of benzene rings is 1. The lowest BCUT2D eigenvalue weighted by Crippen LogP contribution is -2.54. The Morgan fingerprint density at radius 3 is 2.52 bits per heavy atom. The number of carbonyl (C=O) groups excluding carboxylic acids is 1. The number of halogens is 3. The molecule has 0 aromatic heterocycles. The summed E-state index contributed by atoms with van der Waals surface area (Å²) in [6, 6.07) is 0.442. The summed E-state index contributed by atoms with van der Waals surface area (Å²) in [5.41, 5.74) is -0.919. The highest BCUT2D eigenvalue weighted by Crippen LogP contribution is 2.23. The molecule has 1 aliphatic heterocycles. The van der Waals surface area contributed by atoms with Crippen molar-refractivity contribution in [3.05, 3.63) is 29.6 Å². The summed E-state index contributed by atoms with van der Waals surface area (Å²) in [7, 11) is 0. The molecule has 1 saturated heterocycles. The molecule has 4 nitrogen and oxygen atoms in total. The van der Waals surface area contributed by atoms with E-state index in [-0.39, 0.29) is 6.10 Å². The topological polar surface area (TPSA) is 41.6 Å². The van der Waals surface area contributed by atoms with Crippen LogP contribution in [0.3, 0.4) is 0 Å². The van der Waals surface area contributed by atoms with E-state index >= 15 is 0 Å². The maximum atomic E-state index is 13.5. The summed E-state index contributed by atoms with van der Waals surface area (Å²) >= 11 is 0. The molecule has 1 fully saturated rings. The summed E-state index contributed by atoms with van der Waals surface area (Å²) in [5.74, 6) is -3.54. The van der Waals surface area contributed by atoms with E-state index in [0.717, 1.165) is 0 Å². The number of nitrogens with zero attached hydrogens (tertiary/aromatic N) is 1. The highest BCUT2D eigenvalue weighted by molar-refractivity contribution is 5.89. The maximum Gasteiger partial charge on any atom is 0.322 e. The van der Waals surface area contributed by atoms with Crippen LogP contribution in [-0.2, 0) is 4.74 Å². The van der Waals surface area contributed by atoms with E-state index < -0.39 is 34.8 Å². The Labute approximate surface area is 120 Å². The molecular formula is C14H17F3N2O2. The molecule has 7 heteroatoms. The Kier molecular flexibility index (Phi) is 4.13. The van der Waals surface area contributed by atoms with Crippen LogP contribution in [0.1, 0.15) is 20.8 Å². The Hall–Kier alpha value is -1.76. The Bertz CT molecular complexity index is 563. The predicted molar refractivity (Wildman–Crippen MR) is 71.5 cm³/mol. The SMILES string of the molecule is C[C@H]1CN(C(=O)Nc2cc(F)c(F)cc2F)CC(C)(C)O1. The van der Waals surface area contributed by atoms with Gasteiger partial charge in [-0.05, 0) is 20.8 Å². The lowest BCUT2D eigenvalue weighted by molar-refractivity contribution is -0.116. The number of morpholine rings is 1. The fraction of sp³-hybridized carbons (Fsp3) is 0.500. The number of carbonyl (C=O) groups is 1. The van der Waals surface area contributed by atoms with E-state index in [0.29, 0.717) is 25.2 Å². The molecule has 2 rings (SSSR count). The molecule has 0 spiro atoms. The number of rotatable bonds is 1. The summed E-state index contributed by atoms with van der Waals surface area (Å²) in [6.45, 7) is 6.14. The van der Waals surface area contributed by atoms with Gasteiger partial charge in [-0.2, -0.15) is 0 Å². The second kappa shape index (κ2) is 5.55. The molecule has 116 valence electrons. The Balaban J connectivity index is 2.13. The monoisotopic (exact) mass is 302 g/mol. The van der Waals surface area contributed by atoms with Gasteiger partial charge < -0.3 is 15.0 Å². The molecule has 0 unspecified atom stereocenters. The first-order chi connectivity index (χ1) is 9.68. The summed E-state index contributed by atoms with van der Waals surface area (Å²) in [5, 5.41) is 2.26. The first kappa shape index (κ1) is 15.6. The molecule has 1 heterocycles. The van der Waals surface area contributed by atoms with Gasteiger partial charge in [0.2, 0.25) is 0 Å². The second-order valence-corrected chi connectivity index (χ2v) is 5.74. The minimum Gasteiger partial charge on any atom is -0.369 e. The van der Waals surface area contributed by atoms with Gasteiger partial charge >= 0.3 is 6.03 Å². The van der Waals surface area contributed by atoms with E-state index in [2.05, 4.69) is 5.32 Å². The molecular weight excluding hydrogens is 285 g/mol. The second-order valence-electron chi connectivity index (χ2n) is 5.74. The van der Waals surface area contributed by atoms with Gasteiger partial charge in [-0.3, -0.25) is 0 Å². The quantitative estimate of drug-likeness (QED) is 0.810. The van der Waals surface area contributed by atoms with Crippen molar-refractivity contribution in [2.45, 2.75) is 32.5 Å². The van der Waals surface area contributed by atoms with Gasteiger partial charge in [0, 0.05) is 18.7 Å². The summed E-state index contributed by atoms with van der Waals surface area (Å²) < 4.78 is 45.1. The Morgan fingerprint density at radius 2 is 1.90 bits per heavy atom. The molecule has 1 aromatic rings. The van der Waals surface area contributed by atoms with Gasteiger partial charge in [-0.1, -0.05) is 0 Å².